The number of allylic oxidation sites excluding steroid dienone is 3. The van der Waals surface area contributed by atoms with Crippen molar-refractivity contribution in [3.8, 4) is 0 Å². The lowest BCUT2D eigenvalue weighted by Crippen LogP contribution is -2.40. The number of benzene rings is 1. The van der Waals surface area contributed by atoms with Crippen LogP contribution < -0.4 is 10.6 Å². The number of H-pyrrole nitrogens is 1. The highest BCUT2D eigenvalue weighted by Gasteiger charge is 2.40. The van der Waals surface area contributed by atoms with Gasteiger partial charge in [0.15, 0.2) is 0 Å². The number of aryl methyl sites for hydroxylation is 1. The van der Waals surface area contributed by atoms with Gasteiger partial charge >= 0.3 is 6.18 Å². The molecule has 2 heterocycles. The molecule has 2 aliphatic rings. The minimum atomic E-state index is -4.47. The van der Waals surface area contributed by atoms with Crippen molar-refractivity contribution in [2.45, 2.75) is 50.5 Å². The van der Waals surface area contributed by atoms with Crippen molar-refractivity contribution in [1.29, 1.82) is 0 Å². The Labute approximate surface area is 202 Å². The lowest BCUT2D eigenvalue weighted by Gasteiger charge is -2.44. The first-order chi connectivity index (χ1) is 17.0. The Hall–Kier alpha value is -3.39. The molecular weight excluding hydrogens is 451 g/mol. The van der Waals surface area contributed by atoms with E-state index in [9.17, 15) is 13.2 Å². The maximum absolute atomic E-state index is 13.9. The van der Waals surface area contributed by atoms with Gasteiger partial charge in [0.05, 0.1) is 23.3 Å². The highest BCUT2D eigenvalue weighted by molar-refractivity contribution is 5.59. The third-order valence-corrected chi connectivity index (χ3v) is 6.93. The third-order valence-electron chi connectivity index (χ3n) is 6.93. The van der Waals surface area contributed by atoms with E-state index < -0.39 is 11.7 Å². The van der Waals surface area contributed by atoms with Crippen molar-refractivity contribution in [3.05, 3.63) is 101 Å². The summed E-state index contributed by atoms with van der Waals surface area (Å²) in [5.74, 6) is 0.707. The van der Waals surface area contributed by atoms with Crippen LogP contribution in [-0.4, -0.2) is 15.0 Å². The maximum atomic E-state index is 13.9. The van der Waals surface area contributed by atoms with Crippen molar-refractivity contribution in [2.75, 3.05) is 4.90 Å². The molecule has 0 radical (unpaired) electrons. The van der Waals surface area contributed by atoms with E-state index in [1.807, 2.05) is 18.2 Å². The summed E-state index contributed by atoms with van der Waals surface area (Å²) in [5.41, 5.74) is 8.59. The number of halogens is 3. The molecule has 3 atom stereocenters. The Balaban J connectivity index is 1.75. The van der Waals surface area contributed by atoms with E-state index in [0.717, 1.165) is 43.0 Å². The Bertz CT molecular complexity index is 1220. The SMILES string of the molecule is NCc1ccc(C(F)(F)F)cc1N(C1CCCc2cccnc21)C(c1ncc[nH]1)C1C=CC=CC1. The van der Waals surface area contributed by atoms with Gasteiger partial charge in [-0.05, 0) is 55.0 Å². The van der Waals surface area contributed by atoms with Crippen LogP contribution in [0.5, 0.6) is 0 Å². The summed E-state index contributed by atoms with van der Waals surface area (Å²) < 4.78 is 41.6. The number of alkyl halides is 3. The number of anilines is 1. The predicted molar refractivity (Wildman–Crippen MR) is 129 cm³/mol. The molecule has 0 saturated heterocycles. The lowest BCUT2D eigenvalue weighted by atomic mass is 9.84. The second-order valence-corrected chi connectivity index (χ2v) is 9.04. The molecule has 2 aromatic heterocycles. The van der Waals surface area contributed by atoms with Gasteiger partial charge in [-0.25, -0.2) is 4.98 Å². The van der Waals surface area contributed by atoms with Crippen molar-refractivity contribution < 1.29 is 13.2 Å². The fraction of sp³-hybridized carbons (Fsp3) is 0.333. The Morgan fingerprint density at radius 2 is 2.03 bits per heavy atom. The van der Waals surface area contributed by atoms with Crippen molar-refractivity contribution >= 4 is 5.69 Å². The van der Waals surface area contributed by atoms with Crippen LogP contribution >= 0.6 is 0 Å². The molecule has 2 aliphatic carbocycles. The first-order valence-corrected chi connectivity index (χ1v) is 11.9. The molecule has 35 heavy (non-hydrogen) atoms. The molecule has 8 heteroatoms. The number of imidazole rings is 1. The second kappa shape index (κ2) is 9.70. The predicted octanol–water partition coefficient (Wildman–Crippen LogP) is 6.04. The van der Waals surface area contributed by atoms with E-state index in [4.69, 9.17) is 10.7 Å². The van der Waals surface area contributed by atoms with Crippen LogP contribution in [0.3, 0.4) is 0 Å². The van der Waals surface area contributed by atoms with Gasteiger partial charge in [-0.15, -0.1) is 0 Å². The van der Waals surface area contributed by atoms with Gasteiger partial charge in [0.1, 0.15) is 5.82 Å². The molecular formula is C27H28F3N5. The molecule has 3 N–H and O–H groups in total. The van der Waals surface area contributed by atoms with E-state index in [-0.39, 0.29) is 24.5 Å². The van der Waals surface area contributed by atoms with Crippen LogP contribution in [0.25, 0.3) is 0 Å². The monoisotopic (exact) mass is 479 g/mol. The number of nitrogens with one attached hydrogen (secondary N) is 1. The standard InChI is InChI=1S/C27H28F3N5/c28-27(29,30)21-12-11-20(17-31)23(16-21)35(22-10-4-8-18-9-5-13-32-24(18)22)25(26-33-14-15-34-26)19-6-2-1-3-7-19/h1-3,5-6,9,11-16,19,22,25H,4,7-8,10,17,31H2,(H,33,34). The number of pyridine rings is 1. The molecule has 3 aromatic rings. The van der Waals surface area contributed by atoms with E-state index in [2.05, 4.69) is 33.1 Å². The topological polar surface area (TPSA) is 70.8 Å². The van der Waals surface area contributed by atoms with Gasteiger partial charge in [0.25, 0.3) is 0 Å². The second-order valence-electron chi connectivity index (χ2n) is 9.04. The summed E-state index contributed by atoms with van der Waals surface area (Å²) in [7, 11) is 0. The van der Waals surface area contributed by atoms with E-state index in [1.165, 1.54) is 12.1 Å². The Kier molecular flexibility index (Phi) is 6.47. The first-order valence-electron chi connectivity index (χ1n) is 11.9. The van der Waals surface area contributed by atoms with Gasteiger partial charge in [-0.2, -0.15) is 13.2 Å². The van der Waals surface area contributed by atoms with E-state index in [1.54, 1.807) is 18.6 Å². The summed E-state index contributed by atoms with van der Waals surface area (Å²) in [4.78, 5) is 14.7. The number of nitrogens with zero attached hydrogens (tertiary/aromatic N) is 3. The largest absolute Gasteiger partial charge is 0.416 e. The third kappa shape index (κ3) is 4.62. The van der Waals surface area contributed by atoms with Crippen LogP contribution in [0.4, 0.5) is 18.9 Å². The van der Waals surface area contributed by atoms with Gasteiger partial charge in [-0.3, -0.25) is 4.98 Å². The number of hydrogen-bond donors (Lipinski definition) is 2. The van der Waals surface area contributed by atoms with Crippen LogP contribution in [-0.2, 0) is 19.1 Å². The molecule has 182 valence electrons. The summed E-state index contributed by atoms with van der Waals surface area (Å²) in [6.07, 6.45) is 12.3. The van der Waals surface area contributed by atoms with Crippen molar-refractivity contribution in [3.63, 3.8) is 0 Å². The molecule has 5 nitrogen and oxygen atoms in total. The molecule has 0 spiro atoms. The number of hydrogen-bond acceptors (Lipinski definition) is 4. The molecule has 5 rings (SSSR count). The molecule has 0 amide bonds. The normalized spacial score (nSPS) is 20.5. The van der Waals surface area contributed by atoms with Gasteiger partial charge in [0, 0.05) is 36.7 Å². The molecule has 0 saturated carbocycles. The smallest absolute Gasteiger partial charge is 0.352 e. The summed E-state index contributed by atoms with van der Waals surface area (Å²) in [6, 6.07) is 7.29. The average molecular weight is 480 g/mol. The van der Waals surface area contributed by atoms with Crippen LogP contribution in [0.2, 0.25) is 0 Å². The molecule has 3 unspecified atom stereocenters. The summed E-state index contributed by atoms with van der Waals surface area (Å²) in [6.45, 7) is 0.122. The van der Waals surface area contributed by atoms with Gasteiger partial charge in [0.2, 0.25) is 0 Å². The molecule has 1 aromatic carbocycles. The highest BCUT2D eigenvalue weighted by Crippen LogP contribution is 2.47. The zero-order valence-electron chi connectivity index (χ0n) is 19.2. The van der Waals surface area contributed by atoms with Crippen molar-refractivity contribution in [2.24, 2.45) is 11.7 Å². The van der Waals surface area contributed by atoms with E-state index >= 15 is 0 Å². The summed E-state index contributed by atoms with van der Waals surface area (Å²) >= 11 is 0. The lowest BCUT2D eigenvalue weighted by molar-refractivity contribution is -0.137. The number of fused-ring (bicyclic) bond motifs is 1. The number of aromatic amines is 1. The zero-order valence-corrected chi connectivity index (χ0v) is 19.2. The fourth-order valence-corrected chi connectivity index (χ4v) is 5.33. The van der Waals surface area contributed by atoms with Gasteiger partial charge in [-0.1, -0.05) is 36.4 Å². The quantitative estimate of drug-likeness (QED) is 0.452. The number of nitrogens with two attached hydrogens (primary N) is 1. The van der Waals surface area contributed by atoms with Gasteiger partial charge < -0.3 is 15.6 Å². The van der Waals surface area contributed by atoms with Crippen LogP contribution in [0, 0.1) is 5.92 Å². The summed E-state index contributed by atoms with van der Waals surface area (Å²) in [5, 5.41) is 0. The van der Waals surface area contributed by atoms with E-state index in [0.29, 0.717) is 17.1 Å². The molecule has 0 aliphatic heterocycles. The minimum Gasteiger partial charge on any atom is -0.352 e. The van der Waals surface area contributed by atoms with Crippen molar-refractivity contribution in [1.82, 2.24) is 15.0 Å². The van der Waals surface area contributed by atoms with Crippen LogP contribution in [0.15, 0.2) is 73.2 Å². The minimum absolute atomic E-state index is 0.000376. The first kappa shape index (κ1) is 23.4. The maximum Gasteiger partial charge on any atom is 0.416 e. The average Bonchev–Trinajstić information content (AvgIpc) is 3.41. The fourth-order valence-electron chi connectivity index (χ4n) is 5.33. The van der Waals surface area contributed by atoms with Crippen LogP contribution in [0.1, 0.15) is 59.6 Å². The highest BCUT2D eigenvalue weighted by atomic mass is 19.4. The Morgan fingerprint density at radius 3 is 2.74 bits per heavy atom. The zero-order chi connectivity index (χ0) is 24.4. The molecule has 0 fully saturated rings. The Morgan fingerprint density at radius 1 is 1.14 bits per heavy atom. The number of aromatic nitrogens is 3. The number of rotatable bonds is 6. The molecule has 0 bridgehead atoms.